The molecule has 1 aromatic rings. The molecule has 3 rings (SSSR count). The van der Waals surface area contributed by atoms with Gasteiger partial charge in [0, 0.05) is 37.7 Å². The molecule has 2 aliphatic heterocycles. The molecule has 0 N–H and O–H groups in total. The van der Waals surface area contributed by atoms with Gasteiger partial charge in [-0.15, -0.1) is 0 Å². The van der Waals surface area contributed by atoms with Gasteiger partial charge in [-0.3, -0.25) is 9.59 Å². The van der Waals surface area contributed by atoms with E-state index in [1.807, 2.05) is 53.1 Å². The number of nitrogens with zero attached hydrogens (tertiary/aromatic N) is 2. The number of amides is 2. The second-order valence-corrected chi connectivity index (χ2v) is 6.03. The number of benzene rings is 1. The summed E-state index contributed by atoms with van der Waals surface area (Å²) in [7, 11) is 0. The fraction of sp³-hybridized carbons (Fsp3) is 0.444. The normalized spacial score (nSPS) is 24.0. The predicted molar refractivity (Wildman–Crippen MR) is 86.0 cm³/mol. The van der Waals surface area contributed by atoms with E-state index in [1.54, 1.807) is 6.08 Å². The molecule has 1 aromatic carbocycles. The highest BCUT2D eigenvalue weighted by Gasteiger charge is 2.42. The number of rotatable bonds is 3. The van der Waals surface area contributed by atoms with Gasteiger partial charge in [0.2, 0.25) is 11.8 Å². The van der Waals surface area contributed by atoms with Crippen molar-refractivity contribution in [1.29, 1.82) is 0 Å². The minimum atomic E-state index is 0.0457. The number of carbonyl (C=O) groups is 2. The minimum Gasteiger partial charge on any atom is -0.335 e. The highest BCUT2D eigenvalue weighted by molar-refractivity contribution is 5.92. The van der Waals surface area contributed by atoms with Gasteiger partial charge in [0.15, 0.2) is 0 Å². The third kappa shape index (κ3) is 2.91. The van der Waals surface area contributed by atoms with E-state index in [9.17, 15) is 9.59 Å². The first kappa shape index (κ1) is 14.8. The first-order valence-corrected chi connectivity index (χ1v) is 8.02. The van der Waals surface area contributed by atoms with E-state index in [1.165, 1.54) is 0 Å². The Hall–Kier alpha value is -2.10. The van der Waals surface area contributed by atoms with Crippen molar-refractivity contribution in [2.75, 3.05) is 13.1 Å². The molecule has 2 amide bonds. The molecule has 2 atom stereocenters. The summed E-state index contributed by atoms with van der Waals surface area (Å²) >= 11 is 0. The largest absolute Gasteiger partial charge is 0.335 e. The van der Waals surface area contributed by atoms with Gasteiger partial charge in [-0.1, -0.05) is 37.3 Å². The number of carbonyl (C=O) groups excluding carboxylic acids is 2. The summed E-state index contributed by atoms with van der Waals surface area (Å²) in [6.45, 7) is 3.24. The van der Waals surface area contributed by atoms with E-state index in [0.29, 0.717) is 19.5 Å². The van der Waals surface area contributed by atoms with Crippen LogP contribution >= 0.6 is 0 Å². The molecule has 116 valence electrons. The fourth-order valence-corrected chi connectivity index (χ4v) is 3.51. The van der Waals surface area contributed by atoms with Crippen LogP contribution in [0.5, 0.6) is 0 Å². The molecule has 0 aliphatic carbocycles. The number of piperazine rings is 1. The summed E-state index contributed by atoms with van der Waals surface area (Å²) in [6, 6.07) is 10.2. The summed E-state index contributed by atoms with van der Waals surface area (Å²) in [5.74, 6) is 0.267. The van der Waals surface area contributed by atoms with Crippen molar-refractivity contribution < 1.29 is 9.59 Å². The molecule has 0 radical (unpaired) electrons. The molecule has 2 saturated heterocycles. The Labute approximate surface area is 131 Å². The van der Waals surface area contributed by atoms with Gasteiger partial charge >= 0.3 is 0 Å². The van der Waals surface area contributed by atoms with Crippen LogP contribution in [0, 0.1) is 0 Å². The topological polar surface area (TPSA) is 40.6 Å². The van der Waals surface area contributed by atoms with Crippen molar-refractivity contribution in [3.05, 3.63) is 42.0 Å². The molecule has 4 heteroatoms. The van der Waals surface area contributed by atoms with Crippen LogP contribution in [0.4, 0.5) is 0 Å². The first-order chi connectivity index (χ1) is 10.7. The van der Waals surface area contributed by atoms with Crippen molar-refractivity contribution in [2.45, 2.75) is 38.3 Å². The molecule has 2 fully saturated rings. The SMILES string of the molecule is CCC(=O)N1C2CCC1CN(C(=O)/C=C\c1ccccc1)C2. The molecular weight excluding hydrogens is 276 g/mol. The second kappa shape index (κ2) is 6.34. The molecule has 22 heavy (non-hydrogen) atoms. The highest BCUT2D eigenvalue weighted by atomic mass is 16.2. The average Bonchev–Trinajstić information content (AvgIpc) is 2.82. The van der Waals surface area contributed by atoms with Crippen LogP contribution in [0.2, 0.25) is 0 Å². The van der Waals surface area contributed by atoms with Crippen LogP contribution in [0.3, 0.4) is 0 Å². The van der Waals surface area contributed by atoms with Crippen LogP contribution < -0.4 is 0 Å². The van der Waals surface area contributed by atoms with Crippen LogP contribution in [0.25, 0.3) is 6.08 Å². The Bertz CT molecular complexity index is 568. The maximum absolute atomic E-state index is 12.4. The quantitative estimate of drug-likeness (QED) is 0.804. The summed E-state index contributed by atoms with van der Waals surface area (Å²) < 4.78 is 0. The third-order valence-corrected chi connectivity index (χ3v) is 4.60. The van der Waals surface area contributed by atoms with E-state index in [4.69, 9.17) is 0 Å². The fourth-order valence-electron chi connectivity index (χ4n) is 3.51. The van der Waals surface area contributed by atoms with Gasteiger partial charge in [-0.25, -0.2) is 0 Å². The maximum Gasteiger partial charge on any atom is 0.246 e. The molecular formula is C18H22N2O2. The number of hydrogen-bond acceptors (Lipinski definition) is 2. The Kier molecular flexibility index (Phi) is 4.27. The summed E-state index contributed by atoms with van der Waals surface area (Å²) in [6.07, 6.45) is 6.08. The molecule has 0 aromatic heterocycles. The average molecular weight is 298 g/mol. The number of fused-ring (bicyclic) bond motifs is 2. The lowest BCUT2D eigenvalue weighted by Crippen LogP contribution is -2.56. The Balaban J connectivity index is 1.64. The van der Waals surface area contributed by atoms with E-state index in [2.05, 4.69) is 0 Å². The third-order valence-electron chi connectivity index (χ3n) is 4.60. The maximum atomic E-state index is 12.4. The zero-order valence-corrected chi connectivity index (χ0v) is 12.9. The van der Waals surface area contributed by atoms with Crippen molar-refractivity contribution in [2.24, 2.45) is 0 Å². The Morgan fingerprint density at radius 2 is 1.77 bits per heavy atom. The van der Waals surface area contributed by atoms with Gasteiger partial charge in [-0.2, -0.15) is 0 Å². The highest BCUT2D eigenvalue weighted by Crippen LogP contribution is 2.30. The summed E-state index contributed by atoms with van der Waals surface area (Å²) in [5, 5.41) is 0. The van der Waals surface area contributed by atoms with Gasteiger partial charge in [0.25, 0.3) is 0 Å². The van der Waals surface area contributed by atoms with Gasteiger partial charge in [0.1, 0.15) is 0 Å². The minimum absolute atomic E-state index is 0.0457. The lowest BCUT2D eigenvalue weighted by atomic mass is 10.1. The van der Waals surface area contributed by atoms with Crippen molar-refractivity contribution >= 4 is 17.9 Å². The molecule has 2 unspecified atom stereocenters. The van der Waals surface area contributed by atoms with Crippen molar-refractivity contribution in [3.8, 4) is 0 Å². The van der Waals surface area contributed by atoms with Gasteiger partial charge in [-0.05, 0) is 24.5 Å². The molecule has 2 aliphatic rings. The van der Waals surface area contributed by atoms with Crippen LogP contribution in [-0.2, 0) is 9.59 Å². The Morgan fingerprint density at radius 3 is 2.36 bits per heavy atom. The zero-order valence-electron chi connectivity index (χ0n) is 12.9. The first-order valence-electron chi connectivity index (χ1n) is 8.02. The summed E-state index contributed by atoms with van der Waals surface area (Å²) in [5.41, 5.74) is 1.03. The van der Waals surface area contributed by atoms with Crippen molar-refractivity contribution in [1.82, 2.24) is 9.80 Å². The molecule has 0 saturated carbocycles. The number of likely N-dealkylation sites (tertiary alicyclic amines) is 1. The van der Waals surface area contributed by atoms with Gasteiger partial charge in [0.05, 0.1) is 0 Å². The van der Waals surface area contributed by atoms with E-state index >= 15 is 0 Å². The predicted octanol–water partition coefficient (Wildman–Crippen LogP) is 2.31. The van der Waals surface area contributed by atoms with Crippen LogP contribution in [0.15, 0.2) is 36.4 Å². The Morgan fingerprint density at radius 1 is 1.14 bits per heavy atom. The number of hydrogen-bond donors (Lipinski definition) is 0. The van der Waals surface area contributed by atoms with Crippen molar-refractivity contribution in [3.63, 3.8) is 0 Å². The molecule has 2 heterocycles. The van der Waals surface area contributed by atoms with Gasteiger partial charge < -0.3 is 9.80 Å². The molecule has 2 bridgehead atoms. The zero-order chi connectivity index (χ0) is 15.5. The summed E-state index contributed by atoms with van der Waals surface area (Å²) in [4.78, 5) is 28.3. The lowest BCUT2D eigenvalue weighted by molar-refractivity contribution is -0.141. The van der Waals surface area contributed by atoms with Crippen LogP contribution in [0.1, 0.15) is 31.7 Å². The smallest absolute Gasteiger partial charge is 0.246 e. The van der Waals surface area contributed by atoms with Crippen LogP contribution in [-0.4, -0.2) is 46.8 Å². The van der Waals surface area contributed by atoms with E-state index < -0.39 is 0 Å². The lowest BCUT2D eigenvalue weighted by Gasteiger charge is -2.40. The second-order valence-electron chi connectivity index (χ2n) is 6.03. The van der Waals surface area contributed by atoms with E-state index in [-0.39, 0.29) is 23.9 Å². The molecule has 4 nitrogen and oxygen atoms in total. The van der Waals surface area contributed by atoms with E-state index in [0.717, 1.165) is 18.4 Å². The monoisotopic (exact) mass is 298 g/mol. The standard InChI is InChI=1S/C18H22N2O2/c1-2-17(21)20-15-9-10-16(20)13-19(12-15)18(22)11-8-14-6-4-3-5-7-14/h3-8,11,15-16H,2,9-10,12-13H2,1H3/b11-8-. The molecule has 0 spiro atoms.